The van der Waals surface area contributed by atoms with Crippen molar-refractivity contribution in [1.29, 1.82) is 0 Å². The summed E-state index contributed by atoms with van der Waals surface area (Å²) in [6, 6.07) is 10.0. The second kappa shape index (κ2) is 8.23. The highest BCUT2D eigenvalue weighted by Gasteiger charge is 2.23. The number of nitrogens with one attached hydrogen (secondary N) is 1. The molecule has 0 aliphatic rings. The van der Waals surface area contributed by atoms with Gasteiger partial charge in [-0.3, -0.25) is 4.79 Å². The van der Waals surface area contributed by atoms with Crippen molar-refractivity contribution in [1.82, 2.24) is 5.32 Å². The Labute approximate surface area is 143 Å². The first kappa shape index (κ1) is 18.4. The summed E-state index contributed by atoms with van der Waals surface area (Å²) in [5.74, 6) is -3.22. The van der Waals surface area contributed by atoms with E-state index < -0.39 is 35.2 Å². The standard InChI is InChI=1S/C18H17F2NO4/c1-11(25-18(23)16-14(19)4-3-5-15(16)20)17(22)21-10-12-6-8-13(24-2)9-7-12/h3-9,11H,10H2,1-2H3,(H,21,22)/t11-/m1/s1. The van der Waals surface area contributed by atoms with Crippen molar-refractivity contribution in [3.63, 3.8) is 0 Å². The van der Waals surface area contributed by atoms with Crippen LogP contribution in [0.2, 0.25) is 0 Å². The van der Waals surface area contributed by atoms with Crippen molar-refractivity contribution in [3.8, 4) is 5.75 Å². The Bertz CT molecular complexity index is 742. The zero-order chi connectivity index (χ0) is 18.4. The van der Waals surface area contributed by atoms with Crippen LogP contribution in [-0.4, -0.2) is 25.1 Å². The Hall–Kier alpha value is -2.96. The lowest BCUT2D eigenvalue weighted by Crippen LogP contribution is -2.35. The van der Waals surface area contributed by atoms with Gasteiger partial charge >= 0.3 is 5.97 Å². The lowest BCUT2D eigenvalue weighted by molar-refractivity contribution is -0.129. The zero-order valence-electron chi connectivity index (χ0n) is 13.7. The van der Waals surface area contributed by atoms with E-state index >= 15 is 0 Å². The van der Waals surface area contributed by atoms with Crippen LogP contribution in [0.1, 0.15) is 22.8 Å². The number of carbonyl (C=O) groups excluding carboxylic acids is 2. The first-order valence-electron chi connectivity index (χ1n) is 7.48. The number of hydrogen-bond acceptors (Lipinski definition) is 4. The van der Waals surface area contributed by atoms with E-state index in [4.69, 9.17) is 9.47 Å². The first-order valence-corrected chi connectivity index (χ1v) is 7.48. The molecule has 1 N–H and O–H groups in total. The fourth-order valence-corrected chi connectivity index (χ4v) is 2.04. The zero-order valence-corrected chi connectivity index (χ0v) is 13.7. The maximum absolute atomic E-state index is 13.5. The number of amides is 1. The maximum Gasteiger partial charge on any atom is 0.344 e. The minimum Gasteiger partial charge on any atom is -0.497 e. The minimum absolute atomic E-state index is 0.207. The van der Waals surface area contributed by atoms with Crippen molar-refractivity contribution in [2.24, 2.45) is 0 Å². The lowest BCUT2D eigenvalue weighted by Gasteiger charge is -2.14. The van der Waals surface area contributed by atoms with Crippen LogP contribution in [0.4, 0.5) is 8.78 Å². The highest BCUT2D eigenvalue weighted by atomic mass is 19.1. The quantitative estimate of drug-likeness (QED) is 0.815. The van der Waals surface area contributed by atoms with Gasteiger partial charge in [0.2, 0.25) is 0 Å². The van der Waals surface area contributed by atoms with Crippen LogP contribution in [-0.2, 0) is 16.1 Å². The molecule has 0 aliphatic heterocycles. The van der Waals surface area contributed by atoms with E-state index in [1.54, 1.807) is 31.4 Å². The van der Waals surface area contributed by atoms with E-state index in [0.29, 0.717) is 5.75 Å². The van der Waals surface area contributed by atoms with Crippen LogP contribution in [0.15, 0.2) is 42.5 Å². The van der Waals surface area contributed by atoms with E-state index in [0.717, 1.165) is 23.8 Å². The molecule has 1 amide bonds. The van der Waals surface area contributed by atoms with Gasteiger partial charge in [-0.2, -0.15) is 0 Å². The molecule has 0 saturated heterocycles. The fraction of sp³-hybridized carbons (Fsp3) is 0.222. The molecule has 132 valence electrons. The van der Waals surface area contributed by atoms with Crippen LogP contribution in [0, 0.1) is 11.6 Å². The van der Waals surface area contributed by atoms with Gasteiger partial charge < -0.3 is 14.8 Å². The first-order chi connectivity index (χ1) is 11.9. The molecule has 0 bridgehead atoms. The summed E-state index contributed by atoms with van der Waals surface area (Å²) in [6.45, 7) is 1.53. The van der Waals surface area contributed by atoms with Gasteiger partial charge in [0, 0.05) is 6.54 Å². The fourth-order valence-electron chi connectivity index (χ4n) is 2.04. The van der Waals surface area contributed by atoms with Crippen molar-refractivity contribution >= 4 is 11.9 Å². The summed E-state index contributed by atoms with van der Waals surface area (Å²) in [6.07, 6.45) is -1.20. The summed E-state index contributed by atoms with van der Waals surface area (Å²) in [5.41, 5.74) is -0.00914. The number of methoxy groups -OCH3 is 1. The molecule has 1 atom stereocenters. The Morgan fingerprint density at radius 3 is 2.24 bits per heavy atom. The van der Waals surface area contributed by atoms with E-state index in [1.807, 2.05) is 0 Å². The van der Waals surface area contributed by atoms with Crippen molar-refractivity contribution < 1.29 is 27.8 Å². The Kier molecular flexibility index (Phi) is 6.05. The summed E-state index contributed by atoms with van der Waals surface area (Å²) in [7, 11) is 1.55. The summed E-state index contributed by atoms with van der Waals surface area (Å²) >= 11 is 0. The number of rotatable bonds is 6. The third-order valence-corrected chi connectivity index (χ3v) is 3.45. The molecule has 0 saturated carbocycles. The maximum atomic E-state index is 13.5. The van der Waals surface area contributed by atoms with E-state index in [1.165, 1.54) is 6.92 Å². The molecule has 2 aromatic carbocycles. The van der Waals surface area contributed by atoms with Crippen LogP contribution in [0.5, 0.6) is 5.75 Å². The molecular weight excluding hydrogens is 332 g/mol. The normalized spacial score (nSPS) is 11.5. The van der Waals surface area contributed by atoms with E-state index in [-0.39, 0.29) is 6.54 Å². The highest BCUT2D eigenvalue weighted by Crippen LogP contribution is 2.14. The molecule has 0 fully saturated rings. The molecule has 2 aromatic rings. The average molecular weight is 349 g/mol. The van der Waals surface area contributed by atoms with Gasteiger partial charge in [0.15, 0.2) is 6.10 Å². The molecule has 0 radical (unpaired) electrons. The molecule has 2 rings (SSSR count). The SMILES string of the molecule is COc1ccc(CNC(=O)[C@@H](C)OC(=O)c2c(F)cccc2F)cc1. The van der Waals surface area contributed by atoms with Gasteiger partial charge in [-0.15, -0.1) is 0 Å². The van der Waals surface area contributed by atoms with Crippen LogP contribution < -0.4 is 10.1 Å². The number of ether oxygens (including phenoxy) is 2. The van der Waals surface area contributed by atoms with Crippen molar-refractivity contribution in [3.05, 3.63) is 65.2 Å². The van der Waals surface area contributed by atoms with Crippen molar-refractivity contribution in [2.75, 3.05) is 7.11 Å². The second-order valence-corrected chi connectivity index (χ2v) is 5.21. The van der Waals surface area contributed by atoms with Gasteiger partial charge in [-0.25, -0.2) is 13.6 Å². The smallest absolute Gasteiger partial charge is 0.344 e. The lowest BCUT2D eigenvalue weighted by atomic mass is 10.2. The molecule has 7 heteroatoms. The Morgan fingerprint density at radius 2 is 1.68 bits per heavy atom. The second-order valence-electron chi connectivity index (χ2n) is 5.21. The van der Waals surface area contributed by atoms with Crippen LogP contribution >= 0.6 is 0 Å². The number of hydrogen-bond donors (Lipinski definition) is 1. The third kappa shape index (κ3) is 4.76. The van der Waals surface area contributed by atoms with Gasteiger partial charge in [-0.1, -0.05) is 18.2 Å². The minimum atomic E-state index is -1.23. The van der Waals surface area contributed by atoms with Gasteiger partial charge in [0.1, 0.15) is 22.9 Å². The number of carbonyl (C=O) groups is 2. The number of esters is 1. The van der Waals surface area contributed by atoms with E-state index in [2.05, 4.69) is 5.32 Å². The summed E-state index contributed by atoms with van der Waals surface area (Å²) in [4.78, 5) is 23.8. The number of benzene rings is 2. The predicted octanol–water partition coefficient (Wildman–Crippen LogP) is 2.84. The molecule has 25 heavy (non-hydrogen) atoms. The van der Waals surface area contributed by atoms with E-state index in [9.17, 15) is 18.4 Å². The Balaban J connectivity index is 1.92. The molecule has 0 spiro atoms. The average Bonchev–Trinajstić information content (AvgIpc) is 2.59. The highest BCUT2D eigenvalue weighted by molar-refractivity contribution is 5.92. The molecule has 0 unspecified atom stereocenters. The third-order valence-electron chi connectivity index (χ3n) is 3.45. The monoisotopic (exact) mass is 349 g/mol. The molecular formula is C18H17F2NO4. The van der Waals surface area contributed by atoms with Crippen molar-refractivity contribution in [2.45, 2.75) is 19.6 Å². The predicted molar refractivity (Wildman–Crippen MR) is 86.1 cm³/mol. The number of halogens is 2. The van der Waals surface area contributed by atoms with Crippen LogP contribution in [0.25, 0.3) is 0 Å². The molecule has 0 heterocycles. The Morgan fingerprint density at radius 1 is 1.08 bits per heavy atom. The largest absolute Gasteiger partial charge is 0.497 e. The van der Waals surface area contributed by atoms with Gasteiger partial charge in [0.05, 0.1) is 7.11 Å². The molecule has 0 aliphatic carbocycles. The molecule has 5 nitrogen and oxygen atoms in total. The summed E-state index contributed by atoms with van der Waals surface area (Å²) < 4.78 is 36.9. The summed E-state index contributed by atoms with van der Waals surface area (Å²) in [5, 5.41) is 2.58. The molecule has 0 aromatic heterocycles. The van der Waals surface area contributed by atoms with Gasteiger partial charge in [-0.05, 0) is 36.8 Å². The van der Waals surface area contributed by atoms with Gasteiger partial charge in [0.25, 0.3) is 5.91 Å². The topological polar surface area (TPSA) is 64.6 Å². The van der Waals surface area contributed by atoms with Crippen LogP contribution in [0.3, 0.4) is 0 Å².